The van der Waals surface area contributed by atoms with Gasteiger partial charge in [-0.05, 0) is 46.0 Å². The topological polar surface area (TPSA) is 70.6 Å². The van der Waals surface area contributed by atoms with Crippen LogP contribution in [0, 0.1) is 5.92 Å². The fraction of sp³-hybridized carbons (Fsp3) is 0.917. The molecule has 0 spiro atoms. The molecule has 2 unspecified atom stereocenters. The molecule has 0 radical (unpaired) electrons. The molecule has 4 N–H and O–H groups in total. The molecule has 2 atom stereocenters. The number of rotatable bonds is 2. The summed E-state index contributed by atoms with van der Waals surface area (Å²) in [6, 6.07) is 0. The summed E-state index contributed by atoms with van der Waals surface area (Å²) in [5.41, 5.74) is 5.75. The number of guanidine groups is 1. The lowest BCUT2D eigenvalue weighted by Gasteiger charge is -2.25. The molecule has 1 saturated carbocycles. The highest BCUT2D eigenvalue weighted by molar-refractivity contribution is 5.78. The van der Waals surface area contributed by atoms with E-state index in [1.165, 1.54) is 0 Å². The number of hydrogen-bond acceptors (Lipinski definition) is 2. The van der Waals surface area contributed by atoms with Crippen molar-refractivity contribution in [3.8, 4) is 0 Å². The first-order valence-electron chi connectivity index (χ1n) is 6.13. The SMILES string of the molecule is CC(C)(C)NC(N)=NCC1CCCC(O)C1. The molecule has 0 aromatic rings. The fourth-order valence-electron chi connectivity index (χ4n) is 2.08. The zero-order chi connectivity index (χ0) is 12.2. The number of aliphatic imine (C=N–C) groups is 1. The fourth-order valence-corrected chi connectivity index (χ4v) is 2.08. The van der Waals surface area contributed by atoms with Gasteiger partial charge in [0.2, 0.25) is 0 Å². The van der Waals surface area contributed by atoms with Crippen LogP contribution in [0.2, 0.25) is 0 Å². The van der Waals surface area contributed by atoms with Gasteiger partial charge in [-0.3, -0.25) is 4.99 Å². The van der Waals surface area contributed by atoms with Crippen LogP contribution in [0.5, 0.6) is 0 Å². The van der Waals surface area contributed by atoms with Crippen molar-refractivity contribution in [1.82, 2.24) is 5.32 Å². The number of aliphatic hydroxyl groups excluding tert-OH is 1. The van der Waals surface area contributed by atoms with Gasteiger partial charge in [0, 0.05) is 12.1 Å². The zero-order valence-corrected chi connectivity index (χ0v) is 10.7. The van der Waals surface area contributed by atoms with Crippen molar-refractivity contribution in [1.29, 1.82) is 0 Å². The summed E-state index contributed by atoms with van der Waals surface area (Å²) in [7, 11) is 0. The molecular weight excluding hydrogens is 202 g/mol. The third-order valence-corrected chi connectivity index (χ3v) is 2.78. The number of hydrogen-bond donors (Lipinski definition) is 3. The summed E-state index contributed by atoms with van der Waals surface area (Å²) >= 11 is 0. The molecule has 16 heavy (non-hydrogen) atoms. The van der Waals surface area contributed by atoms with Crippen LogP contribution < -0.4 is 11.1 Å². The molecule has 4 heteroatoms. The van der Waals surface area contributed by atoms with E-state index in [0.717, 1.165) is 32.2 Å². The molecule has 0 amide bonds. The lowest BCUT2D eigenvalue weighted by Crippen LogP contribution is -2.45. The molecule has 0 aromatic heterocycles. The summed E-state index contributed by atoms with van der Waals surface area (Å²) in [4.78, 5) is 4.34. The van der Waals surface area contributed by atoms with Crippen molar-refractivity contribution in [2.75, 3.05) is 6.54 Å². The zero-order valence-electron chi connectivity index (χ0n) is 10.7. The summed E-state index contributed by atoms with van der Waals surface area (Å²) in [6.07, 6.45) is 3.94. The molecule has 1 aliphatic carbocycles. The Morgan fingerprint density at radius 1 is 1.44 bits per heavy atom. The second-order valence-electron chi connectivity index (χ2n) is 5.79. The standard InChI is InChI=1S/C12H25N3O/c1-12(2,3)15-11(13)14-8-9-5-4-6-10(16)7-9/h9-10,16H,4-8H2,1-3H3,(H3,13,14,15). The van der Waals surface area contributed by atoms with E-state index in [-0.39, 0.29) is 11.6 Å². The van der Waals surface area contributed by atoms with Gasteiger partial charge in [0.25, 0.3) is 0 Å². The van der Waals surface area contributed by atoms with Crippen molar-refractivity contribution in [2.24, 2.45) is 16.6 Å². The van der Waals surface area contributed by atoms with Crippen LogP contribution in [0.4, 0.5) is 0 Å². The van der Waals surface area contributed by atoms with Gasteiger partial charge in [0.05, 0.1) is 6.10 Å². The molecule has 0 bridgehead atoms. The smallest absolute Gasteiger partial charge is 0.188 e. The Morgan fingerprint density at radius 3 is 2.69 bits per heavy atom. The maximum Gasteiger partial charge on any atom is 0.188 e. The summed E-state index contributed by atoms with van der Waals surface area (Å²) in [6.45, 7) is 6.89. The van der Waals surface area contributed by atoms with Crippen molar-refractivity contribution in [3.05, 3.63) is 0 Å². The first-order valence-corrected chi connectivity index (χ1v) is 6.13. The van der Waals surface area contributed by atoms with Crippen molar-refractivity contribution >= 4 is 5.96 Å². The first kappa shape index (κ1) is 13.3. The normalized spacial score (nSPS) is 27.9. The minimum absolute atomic E-state index is 0.0420. The molecule has 94 valence electrons. The van der Waals surface area contributed by atoms with Gasteiger partial charge in [-0.25, -0.2) is 0 Å². The van der Waals surface area contributed by atoms with Gasteiger partial charge in [-0.2, -0.15) is 0 Å². The van der Waals surface area contributed by atoms with E-state index in [1.807, 2.05) is 0 Å². The van der Waals surface area contributed by atoms with E-state index in [2.05, 4.69) is 31.1 Å². The van der Waals surface area contributed by atoms with Gasteiger partial charge in [-0.15, -0.1) is 0 Å². The molecule has 1 fully saturated rings. The van der Waals surface area contributed by atoms with Crippen LogP contribution in [0.1, 0.15) is 46.5 Å². The molecular formula is C12H25N3O. The van der Waals surface area contributed by atoms with Gasteiger partial charge in [0.1, 0.15) is 0 Å². The third kappa shape index (κ3) is 5.35. The van der Waals surface area contributed by atoms with E-state index in [1.54, 1.807) is 0 Å². The van der Waals surface area contributed by atoms with Crippen molar-refractivity contribution < 1.29 is 5.11 Å². The highest BCUT2D eigenvalue weighted by atomic mass is 16.3. The molecule has 4 nitrogen and oxygen atoms in total. The Labute approximate surface area is 98.3 Å². The summed E-state index contributed by atoms with van der Waals surface area (Å²) in [5.74, 6) is 0.997. The largest absolute Gasteiger partial charge is 0.393 e. The van der Waals surface area contributed by atoms with Crippen molar-refractivity contribution in [2.45, 2.75) is 58.1 Å². The Hall–Kier alpha value is -0.770. The first-order chi connectivity index (χ1) is 7.37. The lowest BCUT2D eigenvalue weighted by atomic mass is 9.87. The molecule has 1 aliphatic rings. The average molecular weight is 227 g/mol. The molecule has 1 rings (SSSR count). The van der Waals surface area contributed by atoms with E-state index >= 15 is 0 Å². The third-order valence-electron chi connectivity index (χ3n) is 2.78. The van der Waals surface area contributed by atoms with Gasteiger partial charge < -0.3 is 16.2 Å². The van der Waals surface area contributed by atoms with Crippen LogP contribution in [0.3, 0.4) is 0 Å². The minimum atomic E-state index is -0.134. The Bertz CT molecular complexity index is 245. The maximum atomic E-state index is 9.54. The highest BCUT2D eigenvalue weighted by Crippen LogP contribution is 2.24. The van der Waals surface area contributed by atoms with E-state index in [0.29, 0.717) is 11.9 Å². The maximum absolute atomic E-state index is 9.54. The summed E-state index contributed by atoms with van der Waals surface area (Å²) in [5, 5.41) is 12.7. The predicted molar refractivity (Wildman–Crippen MR) is 67.3 cm³/mol. The monoisotopic (exact) mass is 227 g/mol. The Kier molecular flexibility index (Phi) is 4.59. The Morgan fingerprint density at radius 2 is 2.12 bits per heavy atom. The van der Waals surface area contributed by atoms with Crippen LogP contribution in [-0.2, 0) is 0 Å². The average Bonchev–Trinajstić information content (AvgIpc) is 2.12. The molecule has 0 saturated heterocycles. The second kappa shape index (κ2) is 5.53. The van der Waals surface area contributed by atoms with E-state index in [4.69, 9.17) is 5.73 Å². The molecule has 0 aliphatic heterocycles. The van der Waals surface area contributed by atoms with Gasteiger partial charge in [0.15, 0.2) is 5.96 Å². The lowest BCUT2D eigenvalue weighted by molar-refractivity contribution is 0.103. The van der Waals surface area contributed by atoms with Crippen LogP contribution in [-0.4, -0.2) is 29.3 Å². The summed E-state index contributed by atoms with van der Waals surface area (Å²) < 4.78 is 0. The number of nitrogens with two attached hydrogens (primary N) is 1. The molecule has 0 aromatic carbocycles. The van der Waals surface area contributed by atoms with Crippen LogP contribution in [0.25, 0.3) is 0 Å². The quantitative estimate of drug-likeness (QED) is 0.491. The van der Waals surface area contributed by atoms with E-state index in [9.17, 15) is 5.11 Å². The van der Waals surface area contributed by atoms with Crippen LogP contribution in [0.15, 0.2) is 4.99 Å². The second-order valence-corrected chi connectivity index (χ2v) is 5.79. The van der Waals surface area contributed by atoms with E-state index < -0.39 is 0 Å². The number of nitrogens with one attached hydrogen (secondary N) is 1. The van der Waals surface area contributed by atoms with Gasteiger partial charge in [-0.1, -0.05) is 6.42 Å². The minimum Gasteiger partial charge on any atom is -0.393 e. The Balaban J connectivity index is 2.34. The van der Waals surface area contributed by atoms with Gasteiger partial charge >= 0.3 is 0 Å². The predicted octanol–water partition coefficient (Wildman–Crippen LogP) is 1.24. The number of aliphatic hydroxyl groups is 1. The number of nitrogens with zero attached hydrogens (tertiary/aromatic N) is 1. The van der Waals surface area contributed by atoms with Crippen LogP contribution >= 0.6 is 0 Å². The highest BCUT2D eigenvalue weighted by Gasteiger charge is 2.19. The molecule has 0 heterocycles. The van der Waals surface area contributed by atoms with Crippen molar-refractivity contribution in [3.63, 3.8) is 0 Å².